The lowest BCUT2D eigenvalue weighted by molar-refractivity contribution is -0.0120. The molecule has 0 spiro atoms. The first-order valence-corrected chi connectivity index (χ1v) is 3.82. The molecule has 0 aliphatic rings. The van der Waals surface area contributed by atoms with Gasteiger partial charge in [-0.25, -0.2) is 0 Å². The summed E-state index contributed by atoms with van der Waals surface area (Å²) in [6.45, 7) is 7.53. The van der Waals surface area contributed by atoms with Crippen molar-refractivity contribution in [2.75, 3.05) is 0 Å². The lowest BCUT2D eigenvalue weighted by atomic mass is 9.82. The summed E-state index contributed by atoms with van der Waals surface area (Å²) in [5.74, 6) is 0. The summed E-state index contributed by atoms with van der Waals surface area (Å²) in [5, 5.41) is 9.73. The van der Waals surface area contributed by atoms with Crippen LogP contribution >= 0.6 is 0 Å². The highest BCUT2D eigenvalue weighted by Crippen LogP contribution is 2.23. The third-order valence-electron chi connectivity index (χ3n) is 2.12. The monoisotopic (exact) mass is 145 g/mol. The van der Waals surface area contributed by atoms with Crippen molar-refractivity contribution in [1.29, 1.82) is 0 Å². The van der Waals surface area contributed by atoms with Crippen LogP contribution < -0.4 is 5.73 Å². The molecule has 0 aromatic rings. The van der Waals surface area contributed by atoms with Crippen LogP contribution in [0, 0.1) is 0 Å². The predicted molar refractivity (Wildman–Crippen MR) is 43.8 cm³/mol. The Labute approximate surface area is 63.4 Å². The van der Waals surface area contributed by atoms with Gasteiger partial charge in [0.05, 0.1) is 5.60 Å². The van der Waals surface area contributed by atoms with Gasteiger partial charge in [0.15, 0.2) is 0 Å². The molecule has 0 saturated heterocycles. The highest BCUT2D eigenvalue weighted by atomic mass is 16.3. The van der Waals surface area contributed by atoms with E-state index in [-0.39, 0.29) is 0 Å². The molecule has 0 heterocycles. The average Bonchev–Trinajstić information content (AvgIpc) is 1.61. The molecule has 0 aromatic heterocycles. The standard InChI is InChI=1S/C8H19NO/c1-5-6-8(4,10)7(2,3)9/h10H,5-6,9H2,1-4H3. The molecule has 62 valence electrons. The van der Waals surface area contributed by atoms with Crippen molar-refractivity contribution in [2.24, 2.45) is 5.73 Å². The highest BCUT2D eigenvalue weighted by molar-refractivity contribution is 4.93. The molecule has 0 fully saturated rings. The molecule has 0 radical (unpaired) electrons. The van der Waals surface area contributed by atoms with E-state index in [2.05, 4.69) is 0 Å². The third kappa shape index (κ3) is 2.27. The van der Waals surface area contributed by atoms with Crippen molar-refractivity contribution in [3.05, 3.63) is 0 Å². The van der Waals surface area contributed by atoms with Gasteiger partial charge in [0.25, 0.3) is 0 Å². The first kappa shape index (κ1) is 9.92. The summed E-state index contributed by atoms with van der Waals surface area (Å²) in [4.78, 5) is 0. The lowest BCUT2D eigenvalue weighted by Gasteiger charge is -2.36. The van der Waals surface area contributed by atoms with Crippen molar-refractivity contribution in [3.63, 3.8) is 0 Å². The zero-order valence-electron chi connectivity index (χ0n) is 7.44. The van der Waals surface area contributed by atoms with Crippen molar-refractivity contribution in [1.82, 2.24) is 0 Å². The minimum absolute atomic E-state index is 0.497. The van der Waals surface area contributed by atoms with Crippen LogP contribution in [-0.4, -0.2) is 16.2 Å². The van der Waals surface area contributed by atoms with Crippen LogP contribution in [0.25, 0.3) is 0 Å². The van der Waals surface area contributed by atoms with Gasteiger partial charge in [0, 0.05) is 5.54 Å². The van der Waals surface area contributed by atoms with Crippen molar-refractivity contribution < 1.29 is 5.11 Å². The fourth-order valence-electron chi connectivity index (χ4n) is 0.809. The molecule has 0 rings (SSSR count). The molecule has 2 nitrogen and oxygen atoms in total. The first-order chi connectivity index (χ1) is 4.31. The van der Waals surface area contributed by atoms with Crippen molar-refractivity contribution in [2.45, 2.75) is 51.7 Å². The van der Waals surface area contributed by atoms with E-state index in [4.69, 9.17) is 5.73 Å². The van der Waals surface area contributed by atoms with Gasteiger partial charge in [0.2, 0.25) is 0 Å². The van der Waals surface area contributed by atoms with Crippen LogP contribution in [-0.2, 0) is 0 Å². The Bertz CT molecular complexity index is 102. The number of nitrogens with two attached hydrogens (primary N) is 1. The van der Waals surface area contributed by atoms with Gasteiger partial charge >= 0.3 is 0 Å². The molecule has 10 heavy (non-hydrogen) atoms. The number of hydrogen-bond acceptors (Lipinski definition) is 2. The van der Waals surface area contributed by atoms with Crippen LogP contribution in [0.2, 0.25) is 0 Å². The molecule has 2 heteroatoms. The maximum absolute atomic E-state index is 9.73. The van der Waals surface area contributed by atoms with E-state index >= 15 is 0 Å². The van der Waals surface area contributed by atoms with Gasteiger partial charge in [-0.05, 0) is 27.2 Å². The van der Waals surface area contributed by atoms with E-state index in [1.807, 2.05) is 20.8 Å². The zero-order chi connectivity index (χ0) is 8.41. The summed E-state index contributed by atoms with van der Waals surface area (Å²) in [6, 6.07) is 0. The Balaban J connectivity index is 4.10. The Morgan fingerprint density at radius 2 is 1.70 bits per heavy atom. The number of rotatable bonds is 3. The quantitative estimate of drug-likeness (QED) is 0.628. The van der Waals surface area contributed by atoms with Crippen molar-refractivity contribution in [3.8, 4) is 0 Å². The Morgan fingerprint density at radius 1 is 1.30 bits per heavy atom. The Kier molecular flexibility index (Phi) is 2.86. The fourth-order valence-corrected chi connectivity index (χ4v) is 0.809. The van der Waals surface area contributed by atoms with E-state index < -0.39 is 11.1 Å². The highest BCUT2D eigenvalue weighted by Gasteiger charge is 2.34. The van der Waals surface area contributed by atoms with Crippen LogP contribution in [0.1, 0.15) is 40.5 Å². The zero-order valence-corrected chi connectivity index (χ0v) is 7.44. The third-order valence-corrected chi connectivity index (χ3v) is 2.12. The largest absolute Gasteiger partial charge is 0.388 e. The maximum Gasteiger partial charge on any atom is 0.0792 e. The van der Waals surface area contributed by atoms with Gasteiger partial charge < -0.3 is 10.8 Å². The lowest BCUT2D eigenvalue weighted by Crippen LogP contribution is -2.54. The molecule has 0 aliphatic heterocycles. The second kappa shape index (κ2) is 2.89. The van der Waals surface area contributed by atoms with Gasteiger partial charge in [-0.2, -0.15) is 0 Å². The molecular formula is C8H19NO. The maximum atomic E-state index is 9.73. The average molecular weight is 145 g/mol. The molecule has 0 saturated carbocycles. The minimum atomic E-state index is -0.734. The van der Waals surface area contributed by atoms with Crippen LogP contribution in [0.3, 0.4) is 0 Å². The Morgan fingerprint density at radius 3 is 1.80 bits per heavy atom. The molecule has 0 aliphatic carbocycles. The van der Waals surface area contributed by atoms with E-state index in [0.717, 1.165) is 12.8 Å². The van der Waals surface area contributed by atoms with E-state index in [0.29, 0.717) is 0 Å². The van der Waals surface area contributed by atoms with Gasteiger partial charge in [-0.1, -0.05) is 13.3 Å². The fraction of sp³-hybridized carbons (Fsp3) is 1.00. The summed E-state index contributed by atoms with van der Waals surface area (Å²) < 4.78 is 0. The Hall–Kier alpha value is -0.0800. The van der Waals surface area contributed by atoms with Crippen LogP contribution in [0.4, 0.5) is 0 Å². The summed E-state index contributed by atoms with van der Waals surface area (Å²) in [5.41, 5.74) is 4.52. The van der Waals surface area contributed by atoms with E-state index in [1.54, 1.807) is 6.92 Å². The van der Waals surface area contributed by atoms with E-state index in [1.165, 1.54) is 0 Å². The van der Waals surface area contributed by atoms with Gasteiger partial charge in [-0.15, -0.1) is 0 Å². The topological polar surface area (TPSA) is 46.2 Å². The summed E-state index contributed by atoms with van der Waals surface area (Å²) in [6.07, 6.45) is 1.73. The van der Waals surface area contributed by atoms with Crippen LogP contribution in [0.15, 0.2) is 0 Å². The summed E-state index contributed by atoms with van der Waals surface area (Å²) >= 11 is 0. The molecular weight excluding hydrogens is 126 g/mol. The molecule has 3 N–H and O–H groups in total. The van der Waals surface area contributed by atoms with Gasteiger partial charge in [0.1, 0.15) is 0 Å². The smallest absolute Gasteiger partial charge is 0.0792 e. The molecule has 1 atom stereocenters. The van der Waals surface area contributed by atoms with E-state index in [9.17, 15) is 5.11 Å². The van der Waals surface area contributed by atoms with Crippen LogP contribution in [0.5, 0.6) is 0 Å². The second-order valence-electron chi connectivity index (χ2n) is 3.75. The minimum Gasteiger partial charge on any atom is -0.388 e. The molecule has 0 bridgehead atoms. The SMILES string of the molecule is CCCC(C)(O)C(C)(C)N. The van der Waals surface area contributed by atoms with Gasteiger partial charge in [-0.3, -0.25) is 0 Å². The number of aliphatic hydroxyl groups is 1. The summed E-state index contributed by atoms with van der Waals surface area (Å²) in [7, 11) is 0. The number of hydrogen-bond donors (Lipinski definition) is 2. The molecule has 1 unspecified atom stereocenters. The first-order valence-electron chi connectivity index (χ1n) is 3.82. The predicted octanol–water partition coefficient (Wildman–Crippen LogP) is 1.27. The molecule has 0 amide bonds. The molecule has 0 aromatic carbocycles. The van der Waals surface area contributed by atoms with Crippen molar-refractivity contribution >= 4 is 0 Å². The second-order valence-corrected chi connectivity index (χ2v) is 3.75. The normalized spacial score (nSPS) is 18.6.